The average molecular weight is 514 g/mol. The topological polar surface area (TPSA) is 80.3 Å². The number of hydrogen-bond donors (Lipinski definition) is 2. The zero-order valence-electron chi connectivity index (χ0n) is 17.2. The van der Waals surface area contributed by atoms with E-state index in [1.54, 1.807) is 7.05 Å². The highest BCUT2D eigenvalue weighted by atomic mass is 127. The van der Waals surface area contributed by atoms with Crippen molar-refractivity contribution in [2.75, 3.05) is 51.7 Å². The predicted molar refractivity (Wildman–Crippen MR) is 126 cm³/mol. The minimum absolute atomic E-state index is 0. The van der Waals surface area contributed by atoms with Crippen LogP contribution in [0.25, 0.3) is 0 Å². The average Bonchev–Trinajstić information content (AvgIpc) is 3.04. The number of nitrogens with one attached hydrogen (secondary N) is 2. The molecule has 0 aliphatic carbocycles. The summed E-state index contributed by atoms with van der Waals surface area (Å²) in [6, 6.07) is 8.40. The smallest absolute Gasteiger partial charge is 0.324 e. The summed E-state index contributed by atoms with van der Waals surface area (Å²) >= 11 is 0. The molecule has 2 N–H and O–H groups in total. The molecule has 2 aliphatic heterocycles. The van der Waals surface area contributed by atoms with Crippen molar-refractivity contribution in [2.24, 2.45) is 4.99 Å². The van der Waals surface area contributed by atoms with Crippen molar-refractivity contribution in [3.8, 4) is 0 Å². The quantitative estimate of drug-likeness (QED) is 0.262. The molecule has 29 heavy (non-hydrogen) atoms. The number of imide groups is 1. The van der Waals surface area contributed by atoms with Crippen LogP contribution in [-0.2, 0) is 11.3 Å². The molecule has 2 aliphatic rings. The zero-order valence-corrected chi connectivity index (χ0v) is 19.5. The summed E-state index contributed by atoms with van der Waals surface area (Å²) in [5, 5.41) is 5.73. The van der Waals surface area contributed by atoms with Gasteiger partial charge in [-0.25, -0.2) is 4.79 Å². The first-order chi connectivity index (χ1) is 13.6. The Bertz CT molecular complexity index is 702. The molecule has 2 saturated heterocycles. The highest BCUT2D eigenvalue weighted by molar-refractivity contribution is 14.0. The van der Waals surface area contributed by atoms with E-state index in [-0.39, 0.29) is 42.5 Å². The largest absolute Gasteiger partial charge is 0.372 e. The van der Waals surface area contributed by atoms with Gasteiger partial charge in [0.25, 0.3) is 0 Å². The maximum Gasteiger partial charge on any atom is 0.324 e. The minimum atomic E-state index is -0.330. The van der Waals surface area contributed by atoms with Gasteiger partial charge in [0.05, 0.1) is 6.54 Å². The number of carbonyl (C=O) groups is 2. The molecule has 3 rings (SSSR count). The lowest BCUT2D eigenvalue weighted by atomic mass is 10.1. The summed E-state index contributed by atoms with van der Waals surface area (Å²) in [6.45, 7) is 3.89. The SMILES string of the molecule is CN=C(NCCN1C(=O)CNC1=O)N(C)Cc1ccc(N2CCCCC2)cc1.I. The second kappa shape index (κ2) is 11.2. The van der Waals surface area contributed by atoms with E-state index in [2.05, 4.69) is 44.8 Å². The molecule has 0 aromatic heterocycles. The highest BCUT2D eigenvalue weighted by Gasteiger charge is 2.27. The van der Waals surface area contributed by atoms with Gasteiger partial charge in [-0.3, -0.25) is 14.7 Å². The Morgan fingerprint density at radius 1 is 1.17 bits per heavy atom. The third-order valence-corrected chi connectivity index (χ3v) is 5.21. The molecule has 2 fully saturated rings. The van der Waals surface area contributed by atoms with Crippen molar-refractivity contribution in [1.82, 2.24) is 20.4 Å². The molecule has 0 bridgehead atoms. The van der Waals surface area contributed by atoms with Crippen molar-refractivity contribution in [3.05, 3.63) is 29.8 Å². The third-order valence-electron chi connectivity index (χ3n) is 5.21. The first-order valence-corrected chi connectivity index (χ1v) is 9.92. The molecular weight excluding hydrogens is 483 g/mol. The van der Waals surface area contributed by atoms with Crippen LogP contribution >= 0.6 is 24.0 Å². The van der Waals surface area contributed by atoms with Crippen molar-refractivity contribution in [1.29, 1.82) is 0 Å². The van der Waals surface area contributed by atoms with Gasteiger partial charge in [-0.05, 0) is 37.0 Å². The van der Waals surface area contributed by atoms with E-state index in [0.717, 1.165) is 25.6 Å². The molecule has 0 unspecified atom stereocenters. The maximum absolute atomic E-state index is 11.6. The maximum atomic E-state index is 11.6. The zero-order chi connectivity index (χ0) is 19.9. The summed E-state index contributed by atoms with van der Waals surface area (Å²) in [7, 11) is 3.70. The molecule has 0 spiro atoms. The molecule has 3 amide bonds. The van der Waals surface area contributed by atoms with E-state index in [9.17, 15) is 9.59 Å². The number of guanidine groups is 1. The van der Waals surface area contributed by atoms with E-state index in [1.165, 1.54) is 35.4 Å². The Labute approximate surface area is 189 Å². The number of hydrogen-bond acceptors (Lipinski definition) is 4. The van der Waals surface area contributed by atoms with Crippen LogP contribution in [0.5, 0.6) is 0 Å². The van der Waals surface area contributed by atoms with Crippen LogP contribution in [-0.4, -0.2) is 74.5 Å². The number of benzene rings is 1. The van der Waals surface area contributed by atoms with Gasteiger partial charge in [-0.2, -0.15) is 0 Å². The van der Waals surface area contributed by atoms with Crippen LogP contribution < -0.4 is 15.5 Å². The van der Waals surface area contributed by atoms with Crippen molar-refractivity contribution >= 4 is 47.6 Å². The Morgan fingerprint density at radius 3 is 2.45 bits per heavy atom. The normalized spacial score (nSPS) is 17.1. The van der Waals surface area contributed by atoms with Crippen molar-refractivity contribution in [3.63, 3.8) is 0 Å². The van der Waals surface area contributed by atoms with Gasteiger partial charge in [0.15, 0.2) is 5.96 Å². The molecule has 0 radical (unpaired) electrons. The molecule has 8 nitrogen and oxygen atoms in total. The summed E-state index contributed by atoms with van der Waals surface area (Å²) in [5.74, 6) is 0.538. The van der Waals surface area contributed by atoms with Crippen LogP contribution in [0.3, 0.4) is 0 Å². The van der Waals surface area contributed by atoms with Crippen LogP contribution in [0.4, 0.5) is 10.5 Å². The van der Waals surface area contributed by atoms with Crippen LogP contribution in [0.2, 0.25) is 0 Å². The van der Waals surface area contributed by atoms with E-state index in [1.807, 2.05) is 11.9 Å². The predicted octanol–water partition coefficient (Wildman–Crippen LogP) is 1.85. The van der Waals surface area contributed by atoms with Gasteiger partial charge in [0.1, 0.15) is 0 Å². The van der Waals surface area contributed by atoms with E-state index >= 15 is 0 Å². The standard InChI is InChI=1S/C20H30N6O2.HI/c1-21-19(22-10-13-26-18(27)14-23-20(26)28)24(2)15-16-6-8-17(9-7-16)25-11-4-3-5-12-25;/h6-9H,3-5,10-15H2,1-2H3,(H,21,22)(H,23,28);1H. The van der Waals surface area contributed by atoms with Crippen molar-refractivity contribution in [2.45, 2.75) is 25.8 Å². The fraction of sp³-hybridized carbons (Fsp3) is 0.550. The van der Waals surface area contributed by atoms with Crippen molar-refractivity contribution < 1.29 is 9.59 Å². The van der Waals surface area contributed by atoms with Gasteiger partial charge in [-0.15, -0.1) is 24.0 Å². The Hall–Kier alpha value is -2.04. The number of piperidine rings is 1. The molecule has 0 atom stereocenters. The van der Waals surface area contributed by atoms with Gasteiger partial charge >= 0.3 is 6.03 Å². The lowest BCUT2D eigenvalue weighted by molar-refractivity contribution is -0.124. The molecule has 0 saturated carbocycles. The second-order valence-electron chi connectivity index (χ2n) is 7.25. The van der Waals surface area contributed by atoms with E-state index in [4.69, 9.17) is 0 Å². The number of rotatable bonds is 6. The minimum Gasteiger partial charge on any atom is -0.372 e. The number of aliphatic imine (C=N–C) groups is 1. The fourth-order valence-corrected chi connectivity index (χ4v) is 3.66. The highest BCUT2D eigenvalue weighted by Crippen LogP contribution is 2.20. The fourth-order valence-electron chi connectivity index (χ4n) is 3.66. The lowest BCUT2D eigenvalue weighted by Crippen LogP contribution is -2.43. The first-order valence-electron chi connectivity index (χ1n) is 9.92. The molecule has 160 valence electrons. The molecule has 1 aromatic carbocycles. The number of nitrogens with zero attached hydrogens (tertiary/aromatic N) is 4. The summed E-state index contributed by atoms with van der Waals surface area (Å²) < 4.78 is 0. The van der Waals surface area contributed by atoms with Crippen LogP contribution in [0, 0.1) is 0 Å². The number of halogens is 1. The van der Waals surface area contributed by atoms with E-state index < -0.39 is 0 Å². The Balaban J connectivity index is 0.00000300. The summed E-state index contributed by atoms with van der Waals surface area (Å²) in [4.78, 5) is 33.2. The van der Waals surface area contributed by atoms with Crippen LogP contribution in [0.1, 0.15) is 24.8 Å². The second-order valence-corrected chi connectivity index (χ2v) is 7.25. The number of carbonyl (C=O) groups excluding carboxylic acids is 2. The van der Waals surface area contributed by atoms with Gasteiger partial charge < -0.3 is 20.4 Å². The van der Waals surface area contributed by atoms with Crippen LogP contribution in [0.15, 0.2) is 29.3 Å². The molecule has 2 heterocycles. The Morgan fingerprint density at radius 2 is 1.86 bits per heavy atom. The summed E-state index contributed by atoms with van der Waals surface area (Å²) in [6.07, 6.45) is 3.89. The van der Waals surface area contributed by atoms with Gasteiger partial charge in [-0.1, -0.05) is 12.1 Å². The number of amides is 3. The summed E-state index contributed by atoms with van der Waals surface area (Å²) in [5.41, 5.74) is 2.50. The molecule has 9 heteroatoms. The van der Waals surface area contributed by atoms with E-state index in [0.29, 0.717) is 13.1 Å². The monoisotopic (exact) mass is 514 g/mol. The van der Waals surface area contributed by atoms with Gasteiger partial charge in [0.2, 0.25) is 5.91 Å². The third kappa shape index (κ3) is 6.22. The number of urea groups is 1. The molecule has 1 aromatic rings. The van der Waals surface area contributed by atoms with Gasteiger partial charge in [0, 0.05) is 52.5 Å². The molecular formula is C20H31IN6O2. The number of anilines is 1. The first kappa shape index (κ1) is 23.2. The lowest BCUT2D eigenvalue weighted by Gasteiger charge is -2.29. The Kier molecular flexibility index (Phi) is 8.99.